The number of amides is 2. The minimum Gasteiger partial charge on any atom is -0.506 e. The van der Waals surface area contributed by atoms with Gasteiger partial charge in [-0.2, -0.15) is 0 Å². The lowest BCUT2D eigenvalue weighted by Gasteiger charge is -2.26. The fourth-order valence-corrected chi connectivity index (χ4v) is 3.76. The lowest BCUT2D eigenvalue weighted by Crippen LogP contribution is -2.28. The molecular weight excluding hydrogens is 456 g/mol. The average Bonchev–Trinajstić information content (AvgIpc) is 2.84. The van der Waals surface area contributed by atoms with Crippen molar-refractivity contribution >= 4 is 17.5 Å². The fourth-order valence-electron chi connectivity index (χ4n) is 3.76. The average molecular weight is 485 g/mol. The van der Waals surface area contributed by atoms with E-state index in [0.717, 1.165) is 5.56 Å². The molecular formula is C29H28N2O5. The predicted molar refractivity (Wildman–Crippen MR) is 138 cm³/mol. The Morgan fingerprint density at radius 2 is 1.39 bits per heavy atom. The number of aryl methyl sites for hydroxylation is 1. The molecule has 0 aromatic heterocycles. The number of carbonyl (C=O) groups is 2. The van der Waals surface area contributed by atoms with Crippen LogP contribution in [0.15, 0.2) is 90.3 Å². The molecule has 0 fully saturated rings. The quantitative estimate of drug-likeness (QED) is 0.310. The summed E-state index contributed by atoms with van der Waals surface area (Å²) >= 11 is 0. The summed E-state index contributed by atoms with van der Waals surface area (Å²) in [5, 5.41) is 25.5. The number of hydrogen-bond donors (Lipinski definition) is 4. The van der Waals surface area contributed by atoms with E-state index in [4.69, 9.17) is 4.74 Å². The number of nitrogens with one attached hydrogen (secondary N) is 2. The van der Waals surface area contributed by atoms with Crippen LogP contribution in [0.5, 0.6) is 17.2 Å². The minimum atomic E-state index is -0.351. The van der Waals surface area contributed by atoms with Gasteiger partial charge in [0.15, 0.2) is 0 Å². The molecule has 7 heteroatoms. The van der Waals surface area contributed by atoms with E-state index < -0.39 is 0 Å². The number of phenols is 1. The maximum Gasteiger partial charge on any atom is 0.255 e. The van der Waals surface area contributed by atoms with E-state index in [0.29, 0.717) is 40.4 Å². The fraction of sp³-hybridized carbons (Fsp3) is 0.172. The smallest absolute Gasteiger partial charge is 0.255 e. The Hall–Kier alpha value is -4.52. The number of benzene rings is 3. The van der Waals surface area contributed by atoms with Crippen molar-refractivity contribution in [1.82, 2.24) is 5.32 Å². The lowest BCUT2D eigenvalue weighted by molar-refractivity contribution is 0.0959. The number of aliphatic hydroxyl groups is 1. The van der Waals surface area contributed by atoms with Crippen molar-refractivity contribution in [2.24, 2.45) is 5.41 Å². The zero-order chi connectivity index (χ0) is 25.9. The zero-order valence-corrected chi connectivity index (χ0v) is 20.3. The van der Waals surface area contributed by atoms with Gasteiger partial charge in [-0.1, -0.05) is 26.0 Å². The summed E-state index contributed by atoms with van der Waals surface area (Å²) in [7, 11) is 0. The highest BCUT2D eigenvalue weighted by atomic mass is 16.5. The first-order valence-electron chi connectivity index (χ1n) is 11.5. The monoisotopic (exact) mass is 484 g/mol. The molecule has 4 N–H and O–H groups in total. The summed E-state index contributed by atoms with van der Waals surface area (Å²) in [4.78, 5) is 25.2. The van der Waals surface area contributed by atoms with E-state index in [-0.39, 0.29) is 28.7 Å². The number of carbonyl (C=O) groups excluding carboxylic acids is 2. The van der Waals surface area contributed by atoms with Crippen molar-refractivity contribution in [3.8, 4) is 17.2 Å². The van der Waals surface area contributed by atoms with Gasteiger partial charge in [0, 0.05) is 11.1 Å². The Labute approximate surface area is 209 Å². The van der Waals surface area contributed by atoms with Gasteiger partial charge >= 0.3 is 0 Å². The number of ether oxygens (including phenoxy) is 1. The Bertz CT molecular complexity index is 1350. The van der Waals surface area contributed by atoms with Crippen molar-refractivity contribution in [1.29, 1.82) is 0 Å². The van der Waals surface area contributed by atoms with Crippen LogP contribution in [0, 0.1) is 12.3 Å². The van der Waals surface area contributed by atoms with Gasteiger partial charge in [-0.25, -0.2) is 0 Å². The van der Waals surface area contributed by atoms with Crippen LogP contribution in [0.4, 0.5) is 5.69 Å². The number of rotatable bonds is 6. The molecule has 184 valence electrons. The van der Waals surface area contributed by atoms with Gasteiger partial charge in [0.2, 0.25) is 0 Å². The third-order valence-corrected chi connectivity index (χ3v) is 5.77. The molecule has 1 aliphatic carbocycles. The first-order chi connectivity index (χ1) is 17.1. The molecule has 0 radical (unpaired) electrons. The van der Waals surface area contributed by atoms with E-state index in [9.17, 15) is 19.8 Å². The molecule has 0 spiro atoms. The van der Waals surface area contributed by atoms with Crippen LogP contribution in [-0.4, -0.2) is 22.0 Å². The summed E-state index contributed by atoms with van der Waals surface area (Å²) < 4.78 is 5.83. The Morgan fingerprint density at radius 3 is 1.97 bits per heavy atom. The maximum absolute atomic E-state index is 12.6. The summed E-state index contributed by atoms with van der Waals surface area (Å²) in [5.74, 6) is 0.445. The number of phenolic OH excluding ortho intramolecular Hbond substituents is 1. The molecule has 0 bridgehead atoms. The SMILES string of the molecule is Cc1ccc(O)c(NC(=O)c2ccc(Oc3ccc(C(=O)NC4=C(O)C=CC(C)(C)C4)cc3)cc2)c1. The Morgan fingerprint density at radius 1 is 0.833 bits per heavy atom. The zero-order valence-electron chi connectivity index (χ0n) is 20.3. The Balaban J connectivity index is 1.37. The highest BCUT2D eigenvalue weighted by Crippen LogP contribution is 2.31. The van der Waals surface area contributed by atoms with E-state index in [2.05, 4.69) is 10.6 Å². The molecule has 36 heavy (non-hydrogen) atoms. The van der Waals surface area contributed by atoms with Gasteiger partial charge in [-0.05, 0) is 91.1 Å². The molecule has 0 saturated carbocycles. The second-order valence-electron chi connectivity index (χ2n) is 9.44. The number of allylic oxidation sites excluding steroid dienone is 3. The molecule has 7 nitrogen and oxygen atoms in total. The van der Waals surface area contributed by atoms with Crippen LogP contribution in [0.1, 0.15) is 46.5 Å². The van der Waals surface area contributed by atoms with Crippen molar-refractivity contribution in [3.05, 3.63) is 107 Å². The van der Waals surface area contributed by atoms with Gasteiger partial charge in [-0.3, -0.25) is 9.59 Å². The molecule has 0 atom stereocenters. The molecule has 0 aliphatic heterocycles. The van der Waals surface area contributed by atoms with Crippen molar-refractivity contribution in [2.75, 3.05) is 5.32 Å². The molecule has 1 aliphatic rings. The summed E-state index contributed by atoms with van der Waals surface area (Å²) in [6.45, 7) is 5.93. The number of hydrogen-bond acceptors (Lipinski definition) is 5. The predicted octanol–water partition coefficient (Wildman–Crippen LogP) is 6.23. The van der Waals surface area contributed by atoms with Crippen molar-refractivity contribution in [2.45, 2.75) is 27.2 Å². The van der Waals surface area contributed by atoms with Crippen molar-refractivity contribution < 1.29 is 24.5 Å². The molecule has 3 aromatic carbocycles. The standard InChI is InChI=1S/C29H28N2O5/c1-18-4-13-25(32)23(16-18)30-27(34)19-5-9-21(10-6-19)36-22-11-7-20(8-12-22)28(35)31-24-17-29(2,3)15-14-26(24)33/h4-16,32-33H,17H2,1-3H3,(H,30,34)(H,31,35). The van der Waals surface area contributed by atoms with Crippen LogP contribution >= 0.6 is 0 Å². The third kappa shape index (κ3) is 5.93. The Kier molecular flexibility index (Phi) is 6.83. The molecule has 0 heterocycles. The molecule has 2 amide bonds. The molecule has 4 rings (SSSR count). The summed E-state index contributed by atoms with van der Waals surface area (Å²) in [5.41, 5.74) is 2.45. The van der Waals surface area contributed by atoms with Crippen LogP contribution < -0.4 is 15.4 Å². The van der Waals surface area contributed by atoms with Gasteiger partial charge in [0.25, 0.3) is 11.8 Å². The lowest BCUT2D eigenvalue weighted by atomic mass is 9.84. The highest BCUT2D eigenvalue weighted by Gasteiger charge is 2.24. The third-order valence-electron chi connectivity index (χ3n) is 5.77. The first-order valence-corrected chi connectivity index (χ1v) is 11.5. The second-order valence-corrected chi connectivity index (χ2v) is 9.44. The summed E-state index contributed by atoms with van der Waals surface area (Å²) in [6, 6.07) is 18.2. The molecule has 0 unspecified atom stereocenters. The van der Waals surface area contributed by atoms with E-state index in [1.807, 2.05) is 26.8 Å². The van der Waals surface area contributed by atoms with E-state index in [1.165, 1.54) is 6.07 Å². The summed E-state index contributed by atoms with van der Waals surface area (Å²) in [6.07, 6.45) is 4.05. The number of aliphatic hydroxyl groups excluding tert-OH is 1. The topological polar surface area (TPSA) is 108 Å². The largest absolute Gasteiger partial charge is 0.506 e. The highest BCUT2D eigenvalue weighted by molar-refractivity contribution is 6.05. The van der Waals surface area contributed by atoms with Gasteiger partial charge in [0.05, 0.1) is 11.4 Å². The number of anilines is 1. The normalized spacial score (nSPS) is 14.3. The molecule has 3 aromatic rings. The number of aromatic hydroxyl groups is 1. The van der Waals surface area contributed by atoms with E-state index >= 15 is 0 Å². The maximum atomic E-state index is 12.6. The van der Waals surface area contributed by atoms with Gasteiger partial charge < -0.3 is 25.6 Å². The van der Waals surface area contributed by atoms with Crippen LogP contribution in [0.3, 0.4) is 0 Å². The van der Waals surface area contributed by atoms with Crippen LogP contribution in [-0.2, 0) is 0 Å². The van der Waals surface area contributed by atoms with Crippen molar-refractivity contribution in [3.63, 3.8) is 0 Å². The van der Waals surface area contributed by atoms with Crippen LogP contribution in [0.25, 0.3) is 0 Å². The first kappa shape index (κ1) is 24.6. The molecule has 0 saturated heterocycles. The second kappa shape index (κ2) is 10.00. The minimum absolute atomic E-state index is 0.000948. The van der Waals surface area contributed by atoms with Gasteiger partial charge in [-0.15, -0.1) is 0 Å². The van der Waals surface area contributed by atoms with E-state index in [1.54, 1.807) is 66.7 Å². The van der Waals surface area contributed by atoms with Gasteiger partial charge in [0.1, 0.15) is 23.0 Å². The van der Waals surface area contributed by atoms with Crippen LogP contribution in [0.2, 0.25) is 0 Å².